The normalized spacial score (nSPS) is 10.8. The summed E-state index contributed by atoms with van der Waals surface area (Å²) < 4.78 is 50.3. The molecule has 4 aromatic rings. The summed E-state index contributed by atoms with van der Waals surface area (Å²) in [5.74, 6) is -1.31. The summed E-state index contributed by atoms with van der Waals surface area (Å²) in [5, 5.41) is 22.2. The molecule has 0 saturated heterocycles. The van der Waals surface area contributed by atoms with Gasteiger partial charge in [-0.2, -0.15) is 0 Å². The van der Waals surface area contributed by atoms with Gasteiger partial charge in [0, 0.05) is 22.6 Å². The Hall–Kier alpha value is -4.29. The fraction of sp³-hybridized carbons (Fsp3) is 0.214. The minimum absolute atomic E-state index is 0.0478. The second kappa shape index (κ2) is 15.3. The van der Waals surface area contributed by atoms with E-state index in [9.17, 15) is 33.6 Å². The van der Waals surface area contributed by atoms with Gasteiger partial charge >= 0.3 is 11.6 Å². The van der Waals surface area contributed by atoms with Gasteiger partial charge in [0.1, 0.15) is 31.2 Å². The third-order valence-electron chi connectivity index (χ3n) is 5.74. The molecule has 2 aromatic carbocycles. The molecule has 0 amide bonds. The Morgan fingerprint density at radius 3 is 1.74 bits per heavy atom. The van der Waals surface area contributed by atoms with Crippen molar-refractivity contribution >= 4 is 40.0 Å². The van der Waals surface area contributed by atoms with Crippen molar-refractivity contribution in [3.8, 4) is 11.5 Å². The molecule has 2 aromatic heterocycles. The van der Waals surface area contributed by atoms with Crippen LogP contribution in [0, 0.1) is 31.9 Å². The van der Waals surface area contributed by atoms with E-state index >= 15 is 0 Å². The van der Waals surface area contributed by atoms with Crippen molar-refractivity contribution in [3.63, 3.8) is 0 Å². The SMILES string of the molecule is CP(C)(=O)c1ccc(F)cc1CCOc1cccnc1[N+](=O)[O-].O=[N+]([O-])c1ncccc1OCCc1cc(F)ccc1Br. The highest BCUT2D eigenvalue weighted by atomic mass is 79.9. The van der Waals surface area contributed by atoms with E-state index in [2.05, 4.69) is 25.9 Å². The highest BCUT2D eigenvalue weighted by Gasteiger charge is 2.19. The fourth-order valence-corrected chi connectivity index (χ4v) is 5.57. The second-order valence-electron chi connectivity index (χ2n) is 9.22. The number of pyridine rings is 2. The number of halogens is 3. The van der Waals surface area contributed by atoms with Gasteiger partial charge in [0.25, 0.3) is 0 Å². The molecule has 0 atom stereocenters. The third-order valence-corrected chi connectivity index (χ3v) is 8.11. The summed E-state index contributed by atoms with van der Waals surface area (Å²) in [4.78, 5) is 27.7. The lowest BCUT2D eigenvalue weighted by molar-refractivity contribution is -0.390. The molecule has 0 radical (unpaired) electrons. The zero-order chi connectivity index (χ0) is 31.6. The topological polar surface area (TPSA) is 148 Å². The largest absolute Gasteiger partial charge is 0.485 e. The predicted molar refractivity (Wildman–Crippen MR) is 160 cm³/mol. The van der Waals surface area contributed by atoms with Crippen LogP contribution >= 0.6 is 23.1 Å². The summed E-state index contributed by atoms with van der Waals surface area (Å²) >= 11 is 3.31. The third kappa shape index (κ3) is 9.90. The summed E-state index contributed by atoms with van der Waals surface area (Å²) in [5.41, 5.74) is 1.31. The number of nitrogens with zero attached hydrogens (tertiary/aromatic N) is 4. The van der Waals surface area contributed by atoms with Crippen molar-refractivity contribution < 1.29 is 32.7 Å². The van der Waals surface area contributed by atoms with Crippen molar-refractivity contribution in [2.45, 2.75) is 12.8 Å². The van der Waals surface area contributed by atoms with Gasteiger partial charge in [0.2, 0.25) is 11.5 Å². The Morgan fingerprint density at radius 1 is 0.791 bits per heavy atom. The van der Waals surface area contributed by atoms with Crippen LogP contribution in [-0.2, 0) is 17.4 Å². The van der Waals surface area contributed by atoms with Gasteiger partial charge in [-0.1, -0.05) is 15.9 Å². The van der Waals surface area contributed by atoms with Crippen LogP contribution in [0.5, 0.6) is 11.5 Å². The number of benzene rings is 2. The molecular weight excluding hydrogens is 653 g/mol. The molecular formula is C28H26BrF2N4O7P. The number of rotatable bonds is 11. The predicted octanol–water partition coefficient (Wildman–Crippen LogP) is 6.51. The Morgan fingerprint density at radius 2 is 1.26 bits per heavy atom. The first-order valence-electron chi connectivity index (χ1n) is 12.6. The van der Waals surface area contributed by atoms with E-state index in [1.807, 2.05) is 0 Å². The number of hydrogen-bond acceptors (Lipinski definition) is 9. The van der Waals surface area contributed by atoms with Crippen molar-refractivity contribution in [2.24, 2.45) is 0 Å². The quantitative estimate of drug-likeness (QED) is 0.0983. The molecule has 0 aliphatic rings. The van der Waals surface area contributed by atoms with E-state index in [0.717, 1.165) is 10.0 Å². The maximum Gasteiger partial charge on any atom is 0.406 e. The van der Waals surface area contributed by atoms with Crippen molar-refractivity contribution in [1.29, 1.82) is 0 Å². The molecule has 4 rings (SSSR count). The van der Waals surface area contributed by atoms with Crippen LogP contribution < -0.4 is 14.8 Å². The van der Waals surface area contributed by atoms with Crippen LogP contribution in [0.1, 0.15) is 11.1 Å². The number of aromatic nitrogens is 2. The molecule has 0 aliphatic carbocycles. The van der Waals surface area contributed by atoms with Crippen LogP contribution in [0.15, 0.2) is 77.5 Å². The monoisotopic (exact) mass is 678 g/mol. The van der Waals surface area contributed by atoms with Gasteiger partial charge in [-0.15, -0.1) is 0 Å². The number of nitro groups is 2. The summed E-state index contributed by atoms with van der Waals surface area (Å²) in [6.45, 7) is 3.49. The van der Waals surface area contributed by atoms with Gasteiger partial charge in [-0.3, -0.25) is 0 Å². The van der Waals surface area contributed by atoms with Crippen molar-refractivity contribution in [1.82, 2.24) is 9.97 Å². The Bertz CT molecular complexity index is 1660. The van der Waals surface area contributed by atoms with E-state index in [1.54, 1.807) is 25.5 Å². The standard InChI is InChI=1S/C15H16FN2O4P.C13H10BrFN2O3/c1-23(2,21)14-6-5-12(16)10-11(14)7-9-22-13-4-3-8-17-15(13)18(19)20;14-11-4-3-10(15)8-9(11)5-7-20-12-2-1-6-16-13(12)17(18)19/h3-6,8,10H,7,9H2,1-2H3;1-4,6,8H,5,7H2. The summed E-state index contributed by atoms with van der Waals surface area (Å²) in [6.07, 6.45) is 3.34. The molecule has 0 saturated carbocycles. The molecule has 0 bridgehead atoms. The van der Waals surface area contributed by atoms with Crippen molar-refractivity contribution in [3.05, 3.63) is 121 Å². The Kier molecular flexibility index (Phi) is 11.8. The fourth-order valence-electron chi connectivity index (χ4n) is 3.82. The zero-order valence-electron chi connectivity index (χ0n) is 23.0. The smallest absolute Gasteiger partial charge is 0.406 e. The van der Waals surface area contributed by atoms with E-state index in [0.29, 0.717) is 17.3 Å². The lowest BCUT2D eigenvalue weighted by Gasteiger charge is -2.14. The molecule has 2 heterocycles. The molecule has 0 N–H and O–H groups in total. The van der Waals surface area contributed by atoms with Gasteiger partial charge < -0.3 is 34.3 Å². The number of hydrogen-bond donors (Lipinski definition) is 0. The lowest BCUT2D eigenvalue weighted by Crippen LogP contribution is -2.14. The average molecular weight is 679 g/mol. The molecule has 43 heavy (non-hydrogen) atoms. The average Bonchev–Trinajstić information content (AvgIpc) is 2.95. The minimum atomic E-state index is -2.56. The van der Waals surface area contributed by atoms with Gasteiger partial charge in [0.15, 0.2) is 0 Å². The van der Waals surface area contributed by atoms with Crippen LogP contribution in [-0.4, -0.2) is 46.4 Å². The zero-order valence-corrected chi connectivity index (χ0v) is 25.5. The van der Waals surface area contributed by atoms with E-state index in [-0.39, 0.29) is 48.6 Å². The molecule has 226 valence electrons. The second-order valence-corrected chi connectivity index (χ2v) is 13.3. The first kappa shape index (κ1) is 33.2. The molecule has 0 aliphatic heterocycles. The first-order valence-corrected chi connectivity index (χ1v) is 16.0. The number of ether oxygens (including phenoxy) is 2. The van der Waals surface area contributed by atoms with Gasteiger partial charge in [0.05, 0.1) is 13.2 Å². The molecule has 15 heteroatoms. The van der Waals surface area contributed by atoms with Crippen LogP contribution in [0.25, 0.3) is 0 Å². The maximum atomic E-state index is 13.4. The van der Waals surface area contributed by atoms with E-state index in [4.69, 9.17) is 9.47 Å². The van der Waals surface area contributed by atoms with Crippen LogP contribution in [0.2, 0.25) is 0 Å². The van der Waals surface area contributed by atoms with Gasteiger partial charge in [-0.25, -0.2) is 8.78 Å². The minimum Gasteiger partial charge on any atom is -0.485 e. The summed E-state index contributed by atoms with van der Waals surface area (Å²) in [6, 6.07) is 14.5. The van der Waals surface area contributed by atoms with Crippen LogP contribution in [0.4, 0.5) is 20.4 Å². The molecule has 11 nitrogen and oxygen atoms in total. The van der Waals surface area contributed by atoms with Crippen LogP contribution in [0.3, 0.4) is 0 Å². The van der Waals surface area contributed by atoms with Crippen molar-refractivity contribution in [2.75, 3.05) is 26.5 Å². The summed E-state index contributed by atoms with van der Waals surface area (Å²) in [7, 11) is -2.56. The highest BCUT2D eigenvalue weighted by molar-refractivity contribution is 9.10. The van der Waals surface area contributed by atoms with E-state index < -0.39 is 22.8 Å². The molecule has 0 spiro atoms. The Labute approximate surface area is 253 Å². The lowest BCUT2D eigenvalue weighted by atomic mass is 10.1. The molecule has 0 unspecified atom stereocenters. The Balaban J connectivity index is 0.000000238. The molecule has 0 fully saturated rings. The maximum absolute atomic E-state index is 13.4. The van der Waals surface area contributed by atoms with E-state index in [1.165, 1.54) is 60.9 Å². The van der Waals surface area contributed by atoms with Gasteiger partial charge in [-0.05, 0) is 105 Å². The highest BCUT2D eigenvalue weighted by Crippen LogP contribution is 2.36. The first-order chi connectivity index (χ1) is 20.4.